The number of guanidine groups is 1. The fraction of sp³-hybridized carbons (Fsp3) is 0.333. The number of hydrogen-bond donors (Lipinski definition) is 2. The number of nitro groups is 1. The van der Waals surface area contributed by atoms with E-state index in [9.17, 15) is 10.1 Å². The summed E-state index contributed by atoms with van der Waals surface area (Å²) in [6, 6.07) is 12.6. The van der Waals surface area contributed by atoms with Crippen LogP contribution in [-0.2, 0) is 13.0 Å². The van der Waals surface area contributed by atoms with Gasteiger partial charge in [-0.2, -0.15) is 0 Å². The van der Waals surface area contributed by atoms with Gasteiger partial charge >= 0.3 is 0 Å². The van der Waals surface area contributed by atoms with Crippen LogP contribution in [0.3, 0.4) is 0 Å². The van der Waals surface area contributed by atoms with Crippen LogP contribution in [0.1, 0.15) is 24.1 Å². The molecular formula is C18H23N5O2. The predicted molar refractivity (Wildman–Crippen MR) is 98.5 cm³/mol. The first-order valence-corrected chi connectivity index (χ1v) is 8.27. The zero-order chi connectivity index (χ0) is 17.9. The first-order chi connectivity index (χ1) is 12.2. The van der Waals surface area contributed by atoms with Gasteiger partial charge in [0, 0.05) is 31.9 Å². The minimum absolute atomic E-state index is 0.133. The Labute approximate surface area is 147 Å². The second kappa shape index (κ2) is 10.0. The Morgan fingerprint density at radius 3 is 2.60 bits per heavy atom. The number of nitrogens with zero attached hydrogens (tertiary/aromatic N) is 3. The topological polar surface area (TPSA) is 92.5 Å². The number of nitro benzene ring substituents is 1. The molecule has 7 nitrogen and oxygen atoms in total. The molecule has 1 aromatic heterocycles. The molecule has 2 N–H and O–H groups in total. The van der Waals surface area contributed by atoms with Gasteiger partial charge in [-0.1, -0.05) is 18.2 Å². The Morgan fingerprint density at radius 2 is 1.96 bits per heavy atom. The fourth-order valence-corrected chi connectivity index (χ4v) is 2.34. The number of unbranched alkanes of at least 4 members (excludes halogenated alkanes) is 1. The number of aryl methyl sites for hydroxylation is 1. The Kier molecular flexibility index (Phi) is 7.37. The van der Waals surface area contributed by atoms with Crippen molar-refractivity contribution in [3.8, 4) is 0 Å². The van der Waals surface area contributed by atoms with Gasteiger partial charge in [-0.25, -0.2) is 0 Å². The van der Waals surface area contributed by atoms with Gasteiger partial charge in [0.15, 0.2) is 5.96 Å². The first kappa shape index (κ1) is 18.4. The SMILES string of the molecule is CN=C(NCCCCc1ccc([N+](=O)[O-])cc1)NCc1ccccn1. The molecule has 25 heavy (non-hydrogen) atoms. The average Bonchev–Trinajstić information content (AvgIpc) is 2.65. The average molecular weight is 341 g/mol. The molecule has 1 heterocycles. The van der Waals surface area contributed by atoms with Crippen LogP contribution in [0, 0.1) is 10.1 Å². The maximum absolute atomic E-state index is 10.6. The van der Waals surface area contributed by atoms with Crippen LogP contribution in [-0.4, -0.2) is 29.5 Å². The van der Waals surface area contributed by atoms with E-state index in [1.54, 1.807) is 25.4 Å². The van der Waals surface area contributed by atoms with E-state index in [1.807, 2.05) is 30.3 Å². The number of pyridine rings is 1. The summed E-state index contributed by atoms with van der Waals surface area (Å²) in [5.74, 6) is 0.751. The minimum atomic E-state index is -0.378. The van der Waals surface area contributed by atoms with E-state index in [2.05, 4.69) is 20.6 Å². The lowest BCUT2D eigenvalue weighted by Crippen LogP contribution is -2.37. The lowest BCUT2D eigenvalue weighted by atomic mass is 10.1. The van der Waals surface area contributed by atoms with Gasteiger partial charge < -0.3 is 10.6 Å². The Balaban J connectivity index is 1.63. The molecule has 0 radical (unpaired) electrons. The maximum Gasteiger partial charge on any atom is 0.269 e. The summed E-state index contributed by atoms with van der Waals surface area (Å²) in [5, 5.41) is 17.1. The van der Waals surface area contributed by atoms with E-state index in [4.69, 9.17) is 0 Å². The zero-order valence-corrected chi connectivity index (χ0v) is 14.3. The van der Waals surface area contributed by atoms with E-state index in [0.717, 1.165) is 43.0 Å². The van der Waals surface area contributed by atoms with Gasteiger partial charge in [0.25, 0.3) is 5.69 Å². The van der Waals surface area contributed by atoms with Gasteiger partial charge in [0.05, 0.1) is 17.2 Å². The second-order valence-electron chi connectivity index (χ2n) is 5.55. The van der Waals surface area contributed by atoms with Gasteiger partial charge in [-0.05, 0) is 37.0 Å². The van der Waals surface area contributed by atoms with Gasteiger partial charge in [0.2, 0.25) is 0 Å². The van der Waals surface area contributed by atoms with Crippen LogP contribution in [0.15, 0.2) is 53.7 Å². The number of aromatic nitrogens is 1. The zero-order valence-electron chi connectivity index (χ0n) is 14.3. The summed E-state index contributed by atoms with van der Waals surface area (Å²) in [6.45, 7) is 1.44. The molecule has 2 rings (SSSR count). The van der Waals surface area contributed by atoms with Crippen LogP contribution in [0.5, 0.6) is 0 Å². The minimum Gasteiger partial charge on any atom is -0.356 e. The quantitative estimate of drug-likeness (QED) is 0.253. The van der Waals surface area contributed by atoms with Gasteiger partial charge in [-0.15, -0.1) is 0 Å². The smallest absolute Gasteiger partial charge is 0.269 e. The van der Waals surface area contributed by atoms with E-state index in [-0.39, 0.29) is 10.6 Å². The molecule has 0 spiro atoms. The van der Waals surface area contributed by atoms with Crippen molar-refractivity contribution in [2.24, 2.45) is 4.99 Å². The molecule has 132 valence electrons. The number of non-ortho nitro benzene ring substituents is 1. The number of nitrogens with one attached hydrogen (secondary N) is 2. The highest BCUT2D eigenvalue weighted by Crippen LogP contribution is 2.13. The predicted octanol–water partition coefficient (Wildman–Crippen LogP) is 2.68. The lowest BCUT2D eigenvalue weighted by Gasteiger charge is -2.11. The molecule has 0 saturated heterocycles. The molecule has 1 aromatic carbocycles. The Hall–Kier alpha value is -2.96. The van der Waals surface area contributed by atoms with Crippen LogP contribution < -0.4 is 10.6 Å². The van der Waals surface area contributed by atoms with Crippen molar-refractivity contribution in [1.82, 2.24) is 15.6 Å². The van der Waals surface area contributed by atoms with Crippen molar-refractivity contribution < 1.29 is 4.92 Å². The third kappa shape index (κ3) is 6.58. The van der Waals surface area contributed by atoms with Crippen molar-refractivity contribution in [2.45, 2.75) is 25.8 Å². The molecule has 0 aliphatic heterocycles. The van der Waals surface area contributed by atoms with Crippen molar-refractivity contribution in [3.63, 3.8) is 0 Å². The summed E-state index contributed by atoms with van der Waals surface area (Å²) >= 11 is 0. The van der Waals surface area contributed by atoms with Crippen molar-refractivity contribution in [3.05, 3.63) is 70.0 Å². The largest absolute Gasteiger partial charge is 0.356 e. The molecule has 2 aromatic rings. The highest BCUT2D eigenvalue weighted by Gasteiger charge is 2.04. The summed E-state index contributed by atoms with van der Waals surface area (Å²) in [5.41, 5.74) is 2.21. The molecule has 0 unspecified atom stereocenters. The molecule has 0 aliphatic rings. The van der Waals surface area contributed by atoms with Crippen LogP contribution in [0.25, 0.3) is 0 Å². The number of hydrogen-bond acceptors (Lipinski definition) is 4. The molecule has 7 heteroatoms. The summed E-state index contributed by atoms with van der Waals surface area (Å²) in [4.78, 5) is 18.7. The fourth-order valence-electron chi connectivity index (χ4n) is 2.34. The second-order valence-corrected chi connectivity index (χ2v) is 5.55. The number of aliphatic imine (C=N–C) groups is 1. The molecule has 0 bridgehead atoms. The van der Waals surface area contributed by atoms with E-state index >= 15 is 0 Å². The van der Waals surface area contributed by atoms with Crippen LogP contribution >= 0.6 is 0 Å². The highest BCUT2D eigenvalue weighted by atomic mass is 16.6. The molecule has 0 atom stereocenters. The van der Waals surface area contributed by atoms with Gasteiger partial charge in [0.1, 0.15) is 0 Å². The van der Waals surface area contributed by atoms with E-state index < -0.39 is 0 Å². The number of rotatable bonds is 8. The molecule has 0 saturated carbocycles. The standard InChI is InChI=1S/C18H23N5O2/c1-19-18(22-14-16-7-3-5-12-20-16)21-13-4-2-6-15-8-10-17(11-9-15)23(24)25/h3,5,7-12H,2,4,6,13-14H2,1H3,(H2,19,21,22). The summed E-state index contributed by atoms with van der Waals surface area (Å²) < 4.78 is 0. The van der Waals surface area contributed by atoms with Crippen molar-refractivity contribution >= 4 is 11.6 Å². The number of benzene rings is 1. The Bertz CT molecular complexity index is 686. The molecule has 0 aliphatic carbocycles. The third-order valence-corrected chi connectivity index (χ3v) is 3.72. The lowest BCUT2D eigenvalue weighted by molar-refractivity contribution is -0.384. The normalized spacial score (nSPS) is 11.2. The first-order valence-electron chi connectivity index (χ1n) is 8.27. The molecular weight excluding hydrogens is 318 g/mol. The highest BCUT2D eigenvalue weighted by molar-refractivity contribution is 5.79. The van der Waals surface area contributed by atoms with Gasteiger partial charge in [-0.3, -0.25) is 20.1 Å². The monoisotopic (exact) mass is 341 g/mol. The molecule has 0 fully saturated rings. The molecule has 0 amide bonds. The van der Waals surface area contributed by atoms with Crippen molar-refractivity contribution in [2.75, 3.05) is 13.6 Å². The summed E-state index contributed by atoms with van der Waals surface area (Å²) in [7, 11) is 1.74. The van der Waals surface area contributed by atoms with Crippen LogP contribution in [0.2, 0.25) is 0 Å². The third-order valence-electron chi connectivity index (χ3n) is 3.72. The van der Waals surface area contributed by atoms with Crippen LogP contribution in [0.4, 0.5) is 5.69 Å². The van der Waals surface area contributed by atoms with Crippen molar-refractivity contribution in [1.29, 1.82) is 0 Å². The summed E-state index contributed by atoms with van der Waals surface area (Å²) in [6.07, 6.45) is 4.66. The maximum atomic E-state index is 10.6. The van der Waals surface area contributed by atoms with E-state index in [0.29, 0.717) is 6.54 Å². The Morgan fingerprint density at radius 1 is 1.16 bits per heavy atom. The van der Waals surface area contributed by atoms with E-state index in [1.165, 1.54) is 0 Å².